The summed E-state index contributed by atoms with van der Waals surface area (Å²) in [4.78, 5) is 10.8. The molecule has 0 aliphatic carbocycles. The zero-order valence-corrected chi connectivity index (χ0v) is 13.0. The lowest BCUT2D eigenvalue weighted by atomic mass is 10.3. The third-order valence-corrected chi connectivity index (χ3v) is 5.24. The van der Waals surface area contributed by atoms with Gasteiger partial charge >= 0.3 is 5.97 Å². The number of carbonyl (C=O) groups is 1. The molecular weight excluding hydrogens is 332 g/mol. The molecule has 1 aromatic carbocycles. The molecule has 0 aromatic heterocycles. The highest BCUT2D eigenvalue weighted by Crippen LogP contribution is 2.31. The highest BCUT2D eigenvalue weighted by Gasteiger charge is 2.29. The molecule has 0 amide bonds. The van der Waals surface area contributed by atoms with Gasteiger partial charge in [0.1, 0.15) is 11.4 Å². The van der Waals surface area contributed by atoms with Gasteiger partial charge in [-0.2, -0.15) is 4.31 Å². The number of esters is 1. The summed E-state index contributed by atoms with van der Waals surface area (Å²) in [6.45, 7) is 1.04. The van der Waals surface area contributed by atoms with Crippen LogP contribution in [0, 0.1) is 5.82 Å². The third kappa shape index (κ3) is 3.41. The van der Waals surface area contributed by atoms with Crippen molar-refractivity contribution in [1.82, 2.24) is 4.31 Å². The van der Waals surface area contributed by atoms with Crippen LogP contribution in [-0.4, -0.2) is 38.9 Å². The first-order valence-electron chi connectivity index (χ1n) is 5.46. The lowest BCUT2D eigenvalue weighted by Crippen LogP contribution is -2.36. The molecule has 0 aliphatic rings. The van der Waals surface area contributed by atoms with Crippen LogP contribution in [0.1, 0.15) is 6.92 Å². The monoisotopic (exact) mass is 343 g/mol. The molecule has 0 saturated heterocycles. The summed E-state index contributed by atoms with van der Waals surface area (Å²) in [6.07, 6.45) is 0. The van der Waals surface area contributed by atoms with Gasteiger partial charge in [-0.1, -0.05) is 30.1 Å². The Hall–Kier alpha value is -0.890. The zero-order chi connectivity index (χ0) is 15.5. The summed E-state index contributed by atoms with van der Waals surface area (Å²) in [5.41, 5.74) is 0. The molecule has 5 nitrogen and oxygen atoms in total. The molecule has 0 spiro atoms. The van der Waals surface area contributed by atoms with Crippen molar-refractivity contribution in [1.29, 1.82) is 0 Å². The molecule has 0 bridgehead atoms. The maximum Gasteiger partial charge on any atom is 0.321 e. The number of rotatable bonds is 5. The van der Waals surface area contributed by atoms with Gasteiger partial charge in [0.25, 0.3) is 0 Å². The Morgan fingerprint density at radius 1 is 1.40 bits per heavy atom. The van der Waals surface area contributed by atoms with Crippen LogP contribution in [0.15, 0.2) is 17.0 Å². The SMILES string of the molecule is CCN(CC(=O)OC)S(=O)(=O)c1ccc(Cl)c(F)c1Cl. The van der Waals surface area contributed by atoms with Crippen LogP contribution in [0.2, 0.25) is 10.0 Å². The Morgan fingerprint density at radius 2 is 2.00 bits per heavy atom. The molecule has 0 unspecified atom stereocenters. The number of likely N-dealkylation sites (N-methyl/N-ethyl adjacent to an activating group) is 1. The topological polar surface area (TPSA) is 63.7 Å². The third-order valence-electron chi connectivity index (χ3n) is 2.50. The molecule has 112 valence electrons. The van der Waals surface area contributed by atoms with E-state index in [1.807, 2.05) is 0 Å². The summed E-state index contributed by atoms with van der Waals surface area (Å²) >= 11 is 11.2. The molecule has 0 saturated carbocycles. The van der Waals surface area contributed by atoms with Crippen molar-refractivity contribution >= 4 is 39.2 Å². The summed E-state index contributed by atoms with van der Waals surface area (Å²) in [6, 6.07) is 2.17. The molecule has 9 heteroatoms. The van der Waals surface area contributed by atoms with Gasteiger partial charge in [0.05, 0.1) is 17.2 Å². The van der Waals surface area contributed by atoms with Crippen molar-refractivity contribution in [2.24, 2.45) is 0 Å². The van der Waals surface area contributed by atoms with Crippen LogP contribution in [0.25, 0.3) is 0 Å². The standard InChI is InChI=1S/C11H12Cl2FNO4S/c1-3-15(6-9(16)19-2)20(17,18)8-5-4-7(12)11(14)10(8)13/h4-5H,3,6H2,1-2H3. The molecule has 0 radical (unpaired) electrons. The lowest BCUT2D eigenvalue weighted by Gasteiger charge is -2.20. The van der Waals surface area contributed by atoms with Crippen LogP contribution in [0.4, 0.5) is 4.39 Å². The van der Waals surface area contributed by atoms with Gasteiger partial charge in [0, 0.05) is 6.54 Å². The van der Waals surface area contributed by atoms with E-state index in [9.17, 15) is 17.6 Å². The Labute approximate surface area is 126 Å². The maximum atomic E-state index is 13.6. The van der Waals surface area contributed by atoms with Crippen molar-refractivity contribution in [2.75, 3.05) is 20.2 Å². The van der Waals surface area contributed by atoms with Crippen molar-refractivity contribution in [3.8, 4) is 0 Å². The molecular formula is C11H12Cl2FNO4S. The van der Waals surface area contributed by atoms with Crippen molar-refractivity contribution in [3.05, 3.63) is 28.0 Å². The number of carbonyl (C=O) groups excluding carboxylic acids is 1. The minimum absolute atomic E-state index is 0.00198. The van der Waals surface area contributed by atoms with Gasteiger partial charge in [0.15, 0.2) is 5.82 Å². The van der Waals surface area contributed by atoms with Gasteiger partial charge < -0.3 is 4.74 Å². The van der Waals surface area contributed by atoms with E-state index < -0.39 is 38.3 Å². The van der Waals surface area contributed by atoms with E-state index in [1.54, 1.807) is 0 Å². The van der Waals surface area contributed by atoms with Gasteiger partial charge in [-0.3, -0.25) is 4.79 Å². The fraction of sp³-hybridized carbons (Fsp3) is 0.364. The fourth-order valence-electron chi connectivity index (χ4n) is 1.42. The van der Waals surface area contributed by atoms with Gasteiger partial charge in [-0.25, -0.2) is 12.8 Å². The van der Waals surface area contributed by atoms with Gasteiger partial charge in [-0.05, 0) is 12.1 Å². The molecule has 0 N–H and O–H groups in total. The number of methoxy groups -OCH3 is 1. The maximum absolute atomic E-state index is 13.6. The largest absolute Gasteiger partial charge is 0.468 e. The molecule has 1 rings (SSSR count). The molecule has 0 fully saturated rings. The number of halogens is 3. The zero-order valence-electron chi connectivity index (χ0n) is 10.7. The summed E-state index contributed by atoms with van der Waals surface area (Å²) in [5, 5.41) is -0.897. The van der Waals surface area contributed by atoms with E-state index in [0.29, 0.717) is 0 Å². The Morgan fingerprint density at radius 3 is 2.50 bits per heavy atom. The summed E-state index contributed by atoms with van der Waals surface area (Å²) < 4.78 is 43.5. The van der Waals surface area contributed by atoms with Crippen LogP contribution in [0.3, 0.4) is 0 Å². The number of benzene rings is 1. The first kappa shape index (κ1) is 17.2. The quantitative estimate of drug-likeness (QED) is 0.607. The minimum Gasteiger partial charge on any atom is -0.468 e. The molecule has 0 aliphatic heterocycles. The van der Waals surface area contributed by atoms with E-state index in [0.717, 1.165) is 23.5 Å². The van der Waals surface area contributed by atoms with Gasteiger partial charge in [0.2, 0.25) is 10.0 Å². The second-order valence-corrected chi connectivity index (χ2v) is 6.37. The summed E-state index contributed by atoms with van der Waals surface area (Å²) in [5.74, 6) is -1.76. The predicted molar refractivity (Wildman–Crippen MR) is 72.9 cm³/mol. The smallest absolute Gasteiger partial charge is 0.321 e. The second kappa shape index (κ2) is 6.71. The molecule has 0 atom stereocenters. The first-order chi connectivity index (χ1) is 9.25. The van der Waals surface area contributed by atoms with Crippen LogP contribution in [-0.2, 0) is 19.6 Å². The predicted octanol–water partition coefficient (Wildman–Crippen LogP) is 2.32. The highest BCUT2D eigenvalue weighted by atomic mass is 35.5. The molecule has 1 aromatic rings. The van der Waals surface area contributed by atoms with E-state index in [1.165, 1.54) is 6.92 Å². The van der Waals surface area contributed by atoms with E-state index >= 15 is 0 Å². The van der Waals surface area contributed by atoms with E-state index in [4.69, 9.17) is 23.2 Å². The molecule has 20 heavy (non-hydrogen) atoms. The Kier molecular flexibility index (Phi) is 5.76. The number of nitrogens with zero attached hydrogens (tertiary/aromatic N) is 1. The average Bonchev–Trinajstić information content (AvgIpc) is 2.41. The first-order valence-corrected chi connectivity index (χ1v) is 7.65. The van der Waals surface area contributed by atoms with Crippen LogP contribution >= 0.6 is 23.2 Å². The Balaban J connectivity index is 3.28. The minimum atomic E-state index is -4.12. The normalized spacial score (nSPS) is 11.7. The Bertz CT molecular complexity index is 621. The average molecular weight is 344 g/mol. The van der Waals surface area contributed by atoms with E-state index in [2.05, 4.69) is 4.74 Å². The molecule has 0 heterocycles. The number of hydrogen-bond donors (Lipinski definition) is 0. The number of sulfonamides is 1. The van der Waals surface area contributed by atoms with Crippen LogP contribution in [0.5, 0.6) is 0 Å². The lowest BCUT2D eigenvalue weighted by molar-refractivity contribution is -0.140. The second-order valence-electron chi connectivity index (χ2n) is 3.68. The highest BCUT2D eigenvalue weighted by molar-refractivity contribution is 7.89. The number of ether oxygens (including phenoxy) is 1. The van der Waals surface area contributed by atoms with E-state index in [-0.39, 0.29) is 11.6 Å². The van der Waals surface area contributed by atoms with Crippen molar-refractivity contribution < 1.29 is 22.3 Å². The van der Waals surface area contributed by atoms with Crippen molar-refractivity contribution in [2.45, 2.75) is 11.8 Å². The summed E-state index contributed by atoms with van der Waals surface area (Å²) in [7, 11) is -2.99. The number of hydrogen-bond acceptors (Lipinski definition) is 4. The fourth-order valence-corrected chi connectivity index (χ4v) is 3.53. The van der Waals surface area contributed by atoms with Crippen LogP contribution < -0.4 is 0 Å². The van der Waals surface area contributed by atoms with Crippen molar-refractivity contribution in [3.63, 3.8) is 0 Å². The van der Waals surface area contributed by atoms with Gasteiger partial charge in [-0.15, -0.1) is 0 Å².